The minimum atomic E-state index is -3.68. The van der Waals surface area contributed by atoms with Gasteiger partial charge in [-0.05, 0) is 23.3 Å². The van der Waals surface area contributed by atoms with Gasteiger partial charge in [-0.2, -0.15) is 0 Å². The summed E-state index contributed by atoms with van der Waals surface area (Å²) in [6, 6.07) is 12.8. The van der Waals surface area contributed by atoms with Crippen molar-refractivity contribution >= 4 is 21.6 Å². The maximum absolute atomic E-state index is 12.6. The lowest BCUT2D eigenvalue weighted by Gasteiger charge is -2.26. The van der Waals surface area contributed by atoms with Crippen LogP contribution in [0.5, 0.6) is 11.5 Å². The van der Waals surface area contributed by atoms with E-state index in [1.54, 1.807) is 18.2 Å². The molecule has 2 heterocycles. The summed E-state index contributed by atoms with van der Waals surface area (Å²) in [5.41, 5.74) is 2.47. The molecule has 1 amide bonds. The molecule has 0 aromatic heterocycles. The van der Waals surface area contributed by atoms with E-state index in [9.17, 15) is 13.2 Å². The number of hydrogen-bond donors (Lipinski definition) is 1. The molecule has 0 spiro atoms. The number of carbonyl (C=O) groups is 1. The number of morpholine rings is 1. The zero-order valence-electron chi connectivity index (χ0n) is 18.0. The molecule has 172 valence electrons. The van der Waals surface area contributed by atoms with Crippen molar-refractivity contribution in [1.82, 2.24) is 10.2 Å². The molecule has 2 aliphatic rings. The third kappa shape index (κ3) is 5.70. The molecule has 1 N–H and O–H groups in total. The van der Waals surface area contributed by atoms with Gasteiger partial charge in [0.05, 0.1) is 25.2 Å². The molecule has 0 bridgehead atoms. The summed E-state index contributed by atoms with van der Waals surface area (Å²) < 4.78 is 41.7. The Hall–Kier alpha value is -2.82. The Morgan fingerprint density at radius 3 is 2.59 bits per heavy atom. The van der Waals surface area contributed by atoms with Crippen molar-refractivity contribution in [3.63, 3.8) is 0 Å². The van der Waals surface area contributed by atoms with Gasteiger partial charge < -0.3 is 19.5 Å². The average molecular weight is 462 g/mol. The van der Waals surface area contributed by atoms with E-state index < -0.39 is 15.9 Å². The van der Waals surface area contributed by atoms with E-state index in [2.05, 4.69) is 22.3 Å². The fourth-order valence-corrected chi connectivity index (χ4v) is 4.53. The van der Waals surface area contributed by atoms with Gasteiger partial charge in [-0.25, -0.2) is 8.42 Å². The molecule has 2 aliphatic heterocycles. The Balaban J connectivity index is 1.37. The topological polar surface area (TPSA) is 97.4 Å². The quantitative estimate of drug-likeness (QED) is 0.633. The molecule has 1 fully saturated rings. The Morgan fingerprint density at radius 1 is 1.06 bits per heavy atom. The van der Waals surface area contributed by atoms with Crippen LogP contribution in [0.2, 0.25) is 0 Å². The number of ether oxygens (including phenoxy) is 3. The molecule has 2 aromatic rings. The van der Waals surface area contributed by atoms with E-state index in [-0.39, 0.29) is 13.3 Å². The van der Waals surface area contributed by atoms with Crippen molar-refractivity contribution in [3.05, 3.63) is 53.6 Å². The molecule has 0 atom stereocenters. The van der Waals surface area contributed by atoms with Crippen LogP contribution in [0.25, 0.3) is 0 Å². The van der Waals surface area contributed by atoms with Gasteiger partial charge >= 0.3 is 0 Å². The Kier molecular flexibility index (Phi) is 6.83. The SMILES string of the molecule is CS(=O)(=O)N(CC(=O)NCc1cccc(CN2CCOCC2)c1)c1ccc2c(c1)OCO2. The number of nitrogens with one attached hydrogen (secondary N) is 1. The van der Waals surface area contributed by atoms with Crippen LogP contribution in [0.3, 0.4) is 0 Å². The summed E-state index contributed by atoms with van der Waals surface area (Å²) in [6.45, 7) is 4.20. The summed E-state index contributed by atoms with van der Waals surface area (Å²) in [4.78, 5) is 14.9. The molecule has 1 saturated heterocycles. The van der Waals surface area contributed by atoms with Gasteiger partial charge in [-0.1, -0.05) is 24.3 Å². The fourth-order valence-electron chi connectivity index (χ4n) is 3.68. The van der Waals surface area contributed by atoms with Crippen LogP contribution in [-0.4, -0.2) is 65.1 Å². The number of carbonyl (C=O) groups excluding carboxylic acids is 1. The highest BCUT2D eigenvalue weighted by Gasteiger charge is 2.23. The van der Waals surface area contributed by atoms with E-state index in [1.165, 1.54) is 0 Å². The predicted octanol–water partition coefficient (Wildman–Crippen LogP) is 1.33. The van der Waals surface area contributed by atoms with Crippen LogP contribution in [0.1, 0.15) is 11.1 Å². The smallest absolute Gasteiger partial charge is 0.241 e. The summed E-state index contributed by atoms with van der Waals surface area (Å²) in [5.74, 6) is 0.601. The third-order valence-electron chi connectivity index (χ3n) is 5.32. The Morgan fingerprint density at radius 2 is 1.81 bits per heavy atom. The largest absolute Gasteiger partial charge is 0.454 e. The molecular weight excluding hydrogens is 434 g/mol. The lowest BCUT2D eigenvalue weighted by Crippen LogP contribution is -2.40. The maximum Gasteiger partial charge on any atom is 0.241 e. The zero-order valence-corrected chi connectivity index (χ0v) is 18.8. The minimum Gasteiger partial charge on any atom is -0.454 e. The second-order valence-corrected chi connectivity index (χ2v) is 9.70. The molecule has 0 unspecified atom stereocenters. The lowest BCUT2D eigenvalue weighted by atomic mass is 10.1. The monoisotopic (exact) mass is 461 g/mol. The van der Waals surface area contributed by atoms with Crippen molar-refractivity contribution in [2.75, 3.05) is 50.2 Å². The molecule has 0 aliphatic carbocycles. The number of fused-ring (bicyclic) bond motifs is 1. The van der Waals surface area contributed by atoms with Gasteiger partial charge in [0.1, 0.15) is 6.54 Å². The molecule has 10 heteroatoms. The van der Waals surface area contributed by atoms with Crippen molar-refractivity contribution in [2.45, 2.75) is 13.1 Å². The van der Waals surface area contributed by atoms with Crippen LogP contribution in [0.15, 0.2) is 42.5 Å². The first-order chi connectivity index (χ1) is 15.4. The van der Waals surface area contributed by atoms with Gasteiger partial charge in [0, 0.05) is 32.2 Å². The highest BCUT2D eigenvalue weighted by atomic mass is 32.2. The van der Waals surface area contributed by atoms with Crippen LogP contribution in [0.4, 0.5) is 5.69 Å². The number of anilines is 1. The third-order valence-corrected chi connectivity index (χ3v) is 6.46. The standard InChI is InChI=1S/C22H27N3O6S/c1-32(27,28)25(19-5-6-20-21(12-19)31-16-30-20)15-22(26)23-13-17-3-2-4-18(11-17)14-24-7-9-29-10-8-24/h2-6,11-12H,7-10,13-16H2,1H3,(H,23,26). The van der Waals surface area contributed by atoms with E-state index in [0.717, 1.165) is 54.5 Å². The van der Waals surface area contributed by atoms with E-state index in [0.29, 0.717) is 23.7 Å². The summed E-state index contributed by atoms with van der Waals surface area (Å²) in [7, 11) is -3.68. The number of nitrogens with zero attached hydrogens (tertiary/aromatic N) is 2. The number of sulfonamides is 1. The summed E-state index contributed by atoms with van der Waals surface area (Å²) in [6.07, 6.45) is 1.07. The lowest BCUT2D eigenvalue weighted by molar-refractivity contribution is -0.119. The highest BCUT2D eigenvalue weighted by molar-refractivity contribution is 7.92. The van der Waals surface area contributed by atoms with Gasteiger partial charge in [0.2, 0.25) is 22.7 Å². The molecule has 0 radical (unpaired) electrons. The summed E-state index contributed by atoms with van der Waals surface area (Å²) in [5, 5.41) is 2.82. The molecule has 2 aromatic carbocycles. The summed E-state index contributed by atoms with van der Waals surface area (Å²) >= 11 is 0. The van der Waals surface area contributed by atoms with Crippen LogP contribution < -0.4 is 19.1 Å². The average Bonchev–Trinajstić information content (AvgIpc) is 3.24. The van der Waals surface area contributed by atoms with Crippen molar-refractivity contribution in [1.29, 1.82) is 0 Å². The molecule has 32 heavy (non-hydrogen) atoms. The Labute approximate surface area is 187 Å². The minimum absolute atomic E-state index is 0.0861. The van der Waals surface area contributed by atoms with Gasteiger partial charge in [-0.3, -0.25) is 14.0 Å². The van der Waals surface area contributed by atoms with E-state index >= 15 is 0 Å². The van der Waals surface area contributed by atoms with E-state index in [4.69, 9.17) is 14.2 Å². The van der Waals surface area contributed by atoms with Crippen LogP contribution in [-0.2, 0) is 32.6 Å². The van der Waals surface area contributed by atoms with Crippen molar-refractivity contribution in [3.8, 4) is 11.5 Å². The van der Waals surface area contributed by atoms with Gasteiger partial charge in [-0.15, -0.1) is 0 Å². The van der Waals surface area contributed by atoms with Gasteiger partial charge in [0.15, 0.2) is 11.5 Å². The van der Waals surface area contributed by atoms with Crippen LogP contribution >= 0.6 is 0 Å². The van der Waals surface area contributed by atoms with E-state index in [1.807, 2.05) is 12.1 Å². The first-order valence-corrected chi connectivity index (χ1v) is 12.3. The van der Waals surface area contributed by atoms with Gasteiger partial charge in [0.25, 0.3) is 0 Å². The second kappa shape index (κ2) is 9.76. The number of benzene rings is 2. The molecule has 9 nitrogen and oxygen atoms in total. The first-order valence-electron chi connectivity index (χ1n) is 10.4. The normalized spacial score (nSPS) is 16.0. The van der Waals surface area contributed by atoms with Crippen molar-refractivity contribution in [2.24, 2.45) is 0 Å². The number of hydrogen-bond acceptors (Lipinski definition) is 7. The number of amides is 1. The maximum atomic E-state index is 12.6. The Bertz CT molecular complexity index is 1070. The predicted molar refractivity (Wildman–Crippen MR) is 119 cm³/mol. The zero-order chi connectivity index (χ0) is 22.6. The molecular formula is C22H27N3O6S. The van der Waals surface area contributed by atoms with Crippen LogP contribution in [0, 0.1) is 0 Å². The molecule has 4 rings (SSSR count). The molecule has 0 saturated carbocycles. The number of rotatable bonds is 8. The highest BCUT2D eigenvalue weighted by Crippen LogP contribution is 2.36. The first kappa shape index (κ1) is 22.4. The second-order valence-electron chi connectivity index (χ2n) is 7.79. The fraction of sp³-hybridized carbons (Fsp3) is 0.409. The van der Waals surface area contributed by atoms with Crippen molar-refractivity contribution < 1.29 is 27.4 Å².